The van der Waals surface area contributed by atoms with Gasteiger partial charge in [-0.2, -0.15) is 0 Å². The first-order valence-corrected chi connectivity index (χ1v) is 7.12. The summed E-state index contributed by atoms with van der Waals surface area (Å²) >= 11 is 15.1. The maximum Gasteiger partial charge on any atom is 0.268 e. The summed E-state index contributed by atoms with van der Waals surface area (Å²) in [7, 11) is 0. The quantitative estimate of drug-likeness (QED) is 0.825. The highest BCUT2D eigenvalue weighted by Crippen LogP contribution is 2.25. The predicted octanol–water partition coefficient (Wildman–Crippen LogP) is 4.58. The van der Waals surface area contributed by atoms with Gasteiger partial charge in [-0.15, -0.1) is 0 Å². The van der Waals surface area contributed by atoms with E-state index in [4.69, 9.17) is 23.2 Å². The third-order valence-electron chi connectivity index (χ3n) is 2.68. The van der Waals surface area contributed by atoms with Gasteiger partial charge in [0.1, 0.15) is 5.69 Å². The topological polar surface area (TPSA) is 44.9 Å². The normalized spacial score (nSPS) is 12.2. The number of nitrogens with one attached hydrogen (secondary N) is 2. The summed E-state index contributed by atoms with van der Waals surface area (Å²) in [5.41, 5.74) is 1.40. The molecule has 0 saturated carbocycles. The van der Waals surface area contributed by atoms with Gasteiger partial charge in [-0.25, -0.2) is 0 Å². The Morgan fingerprint density at radius 2 is 2.05 bits per heavy atom. The second-order valence-electron chi connectivity index (χ2n) is 4.10. The van der Waals surface area contributed by atoms with Crippen LogP contribution in [0.4, 0.5) is 0 Å². The van der Waals surface area contributed by atoms with Crippen LogP contribution in [-0.2, 0) is 0 Å². The number of halogens is 3. The summed E-state index contributed by atoms with van der Waals surface area (Å²) in [5.74, 6) is -0.177. The van der Waals surface area contributed by atoms with Gasteiger partial charge in [0.15, 0.2) is 0 Å². The van der Waals surface area contributed by atoms with E-state index >= 15 is 0 Å². The number of amides is 1. The summed E-state index contributed by atoms with van der Waals surface area (Å²) in [5, 5.41) is 3.85. The molecule has 1 aromatic heterocycles. The van der Waals surface area contributed by atoms with Crippen molar-refractivity contribution in [2.75, 3.05) is 0 Å². The zero-order valence-electron chi connectivity index (χ0n) is 10.0. The van der Waals surface area contributed by atoms with Gasteiger partial charge in [-0.3, -0.25) is 4.79 Å². The van der Waals surface area contributed by atoms with Gasteiger partial charge in [0.2, 0.25) is 0 Å². The molecule has 1 atom stereocenters. The number of hydrogen-bond donors (Lipinski definition) is 2. The predicted molar refractivity (Wildman–Crippen MR) is 80.8 cm³/mol. The fraction of sp³-hybridized carbons (Fsp3) is 0.154. The van der Waals surface area contributed by atoms with E-state index < -0.39 is 0 Å². The van der Waals surface area contributed by atoms with E-state index in [1.807, 2.05) is 13.0 Å². The van der Waals surface area contributed by atoms with Crippen molar-refractivity contribution in [1.82, 2.24) is 10.3 Å². The molecule has 0 aliphatic rings. The number of aromatic nitrogens is 1. The molecule has 1 unspecified atom stereocenters. The third kappa shape index (κ3) is 3.53. The SMILES string of the molecule is CC(NC(=O)c1cc(Br)c[nH]1)c1ccc(Cl)c(Cl)c1. The van der Waals surface area contributed by atoms with Crippen LogP contribution in [0.5, 0.6) is 0 Å². The lowest BCUT2D eigenvalue weighted by Crippen LogP contribution is -2.26. The Bertz CT molecular complexity index is 612. The molecule has 6 heteroatoms. The lowest BCUT2D eigenvalue weighted by molar-refractivity contribution is 0.0935. The minimum Gasteiger partial charge on any atom is -0.356 e. The number of carbonyl (C=O) groups is 1. The Kier molecular flexibility index (Phi) is 4.55. The molecule has 1 amide bonds. The molecule has 0 fully saturated rings. The van der Waals surface area contributed by atoms with Crippen LogP contribution in [0.1, 0.15) is 29.0 Å². The summed E-state index contributed by atoms with van der Waals surface area (Å²) in [6, 6.07) is 6.86. The van der Waals surface area contributed by atoms with Gasteiger partial charge >= 0.3 is 0 Å². The van der Waals surface area contributed by atoms with Crippen molar-refractivity contribution >= 4 is 45.0 Å². The fourth-order valence-electron chi connectivity index (χ4n) is 1.64. The van der Waals surface area contributed by atoms with Gasteiger partial charge in [0.05, 0.1) is 16.1 Å². The first kappa shape index (κ1) is 14.4. The minimum absolute atomic E-state index is 0.163. The number of hydrogen-bond acceptors (Lipinski definition) is 1. The summed E-state index contributed by atoms with van der Waals surface area (Å²) in [6.07, 6.45) is 1.71. The molecular weight excluding hydrogens is 351 g/mol. The second-order valence-corrected chi connectivity index (χ2v) is 5.83. The van der Waals surface area contributed by atoms with Crippen LogP contribution in [0.25, 0.3) is 0 Å². The smallest absolute Gasteiger partial charge is 0.268 e. The van der Waals surface area contributed by atoms with E-state index in [2.05, 4.69) is 26.2 Å². The van der Waals surface area contributed by atoms with Crippen LogP contribution in [0, 0.1) is 0 Å². The van der Waals surface area contributed by atoms with Gasteiger partial charge in [0, 0.05) is 10.7 Å². The number of aromatic amines is 1. The number of rotatable bonds is 3. The van der Waals surface area contributed by atoms with E-state index in [0.29, 0.717) is 15.7 Å². The van der Waals surface area contributed by atoms with Crippen LogP contribution < -0.4 is 5.32 Å². The average molecular weight is 362 g/mol. The number of carbonyl (C=O) groups excluding carboxylic acids is 1. The molecule has 2 N–H and O–H groups in total. The maximum absolute atomic E-state index is 12.0. The third-order valence-corrected chi connectivity index (χ3v) is 3.88. The van der Waals surface area contributed by atoms with Crippen molar-refractivity contribution in [3.8, 4) is 0 Å². The summed E-state index contributed by atoms with van der Waals surface area (Å²) in [6.45, 7) is 1.88. The van der Waals surface area contributed by atoms with Crippen molar-refractivity contribution in [2.45, 2.75) is 13.0 Å². The Labute approximate surface area is 129 Å². The second kappa shape index (κ2) is 5.99. The first-order valence-electron chi connectivity index (χ1n) is 5.57. The molecule has 0 aliphatic carbocycles. The zero-order valence-corrected chi connectivity index (χ0v) is 13.1. The van der Waals surface area contributed by atoms with Crippen molar-refractivity contribution in [3.05, 3.63) is 56.2 Å². The molecule has 19 heavy (non-hydrogen) atoms. The van der Waals surface area contributed by atoms with Crippen molar-refractivity contribution in [1.29, 1.82) is 0 Å². The van der Waals surface area contributed by atoms with E-state index in [-0.39, 0.29) is 11.9 Å². The van der Waals surface area contributed by atoms with Crippen LogP contribution in [0.2, 0.25) is 10.0 Å². The maximum atomic E-state index is 12.0. The van der Waals surface area contributed by atoms with Gasteiger partial charge < -0.3 is 10.3 Å². The minimum atomic E-state index is -0.177. The molecule has 0 spiro atoms. The molecule has 1 aromatic carbocycles. The van der Waals surface area contributed by atoms with Crippen LogP contribution in [0.15, 0.2) is 34.9 Å². The van der Waals surface area contributed by atoms with Gasteiger partial charge in [0.25, 0.3) is 5.91 Å². The summed E-state index contributed by atoms with van der Waals surface area (Å²) < 4.78 is 0.833. The molecule has 2 rings (SSSR count). The molecule has 0 saturated heterocycles. The molecule has 0 radical (unpaired) electrons. The number of H-pyrrole nitrogens is 1. The van der Waals surface area contributed by atoms with Crippen molar-refractivity contribution < 1.29 is 4.79 Å². The lowest BCUT2D eigenvalue weighted by atomic mass is 10.1. The highest BCUT2D eigenvalue weighted by Gasteiger charge is 2.13. The number of benzene rings is 1. The molecule has 2 aromatic rings. The Hall–Kier alpha value is -0.970. The van der Waals surface area contributed by atoms with Crippen molar-refractivity contribution in [2.24, 2.45) is 0 Å². The molecule has 3 nitrogen and oxygen atoms in total. The Morgan fingerprint density at radius 3 is 2.63 bits per heavy atom. The average Bonchev–Trinajstić information content (AvgIpc) is 2.79. The van der Waals surface area contributed by atoms with Gasteiger partial charge in [-0.05, 0) is 46.6 Å². The molecule has 100 valence electrons. The molecular formula is C13H11BrCl2N2O. The van der Waals surface area contributed by atoms with E-state index in [9.17, 15) is 4.79 Å². The van der Waals surface area contributed by atoms with E-state index in [0.717, 1.165) is 10.0 Å². The van der Waals surface area contributed by atoms with E-state index in [1.54, 1.807) is 24.4 Å². The monoisotopic (exact) mass is 360 g/mol. The first-order chi connectivity index (χ1) is 8.97. The van der Waals surface area contributed by atoms with Crippen LogP contribution >= 0.6 is 39.1 Å². The van der Waals surface area contributed by atoms with Gasteiger partial charge in [-0.1, -0.05) is 29.3 Å². The molecule has 1 heterocycles. The fourth-order valence-corrected chi connectivity index (χ4v) is 2.29. The highest BCUT2D eigenvalue weighted by molar-refractivity contribution is 9.10. The van der Waals surface area contributed by atoms with Crippen molar-refractivity contribution in [3.63, 3.8) is 0 Å². The Balaban J connectivity index is 2.10. The molecule has 0 aliphatic heterocycles. The van der Waals surface area contributed by atoms with E-state index in [1.165, 1.54) is 0 Å². The lowest BCUT2D eigenvalue weighted by Gasteiger charge is -2.14. The molecule has 0 bridgehead atoms. The Morgan fingerprint density at radius 1 is 1.32 bits per heavy atom. The highest BCUT2D eigenvalue weighted by atomic mass is 79.9. The summed E-state index contributed by atoms with van der Waals surface area (Å²) in [4.78, 5) is 14.8. The van der Waals surface area contributed by atoms with Crippen LogP contribution in [-0.4, -0.2) is 10.9 Å². The standard InChI is InChI=1S/C13H11BrCl2N2O/c1-7(8-2-3-10(15)11(16)4-8)18-13(19)12-5-9(14)6-17-12/h2-7,17H,1H3,(H,18,19). The van der Waals surface area contributed by atoms with Crippen LogP contribution in [0.3, 0.4) is 0 Å². The zero-order chi connectivity index (χ0) is 14.0. The largest absolute Gasteiger partial charge is 0.356 e.